The first-order chi connectivity index (χ1) is 9.35. The number of amides is 1. The Balaban J connectivity index is 2.66. The lowest BCUT2D eigenvalue weighted by molar-refractivity contribution is -0.117. The lowest BCUT2D eigenvalue weighted by Crippen LogP contribution is -2.42. The van der Waals surface area contributed by atoms with Gasteiger partial charge in [0.2, 0.25) is 5.91 Å². The Bertz CT molecular complexity index is 500. The smallest absolute Gasteiger partial charge is 0.244 e. The molecule has 5 heteroatoms. The second kappa shape index (κ2) is 7.72. The fraction of sp³-hybridized carbons (Fsp3) is 0.400. The van der Waals surface area contributed by atoms with Crippen molar-refractivity contribution in [2.75, 3.05) is 18.6 Å². The van der Waals surface area contributed by atoms with Gasteiger partial charge in [-0.25, -0.2) is 0 Å². The maximum Gasteiger partial charge on any atom is 0.244 e. The Kier molecular flexibility index (Phi) is 6.59. The van der Waals surface area contributed by atoms with Crippen LogP contribution in [0.2, 0.25) is 5.02 Å². The van der Waals surface area contributed by atoms with Crippen LogP contribution in [-0.2, 0) is 4.79 Å². The number of rotatable bonds is 6. The quantitative estimate of drug-likeness (QED) is 0.794. The highest BCUT2D eigenvalue weighted by atomic mass is 35.5. The molecule has 0 spiro atoms. The summed E-state index contributed by atoms with van der Waals surface area (Å²) in [5.41, 5.74) is 0.721. The van der Waals surface area contributed by atoms with Gasteiger partial charge in [-0.2, -0.15) is 11.8 Å². The highest BCUT2D eigenvalue weighted by molar-refractivity contribution is 7.98. The molecule has 1 unspecified atom stereocenters. The van der Waals surface area contributed by atoms with Crippen molar-refractivity contribution in [3.05, 3.63) is 40.9 Å². The SMILES string of the molecule is CSCC(C)(O)CNC(=O)C=C(C)c1ccccc1Cl. The van der Waals surface area contributed by atoms with Gasteiger partial charge in [0.25, 0.3) is 0 Å². The number of benzene rings is 1. The van der Waals surface area contributed by atoms with Gasteiger partial charge in [0, 0.05) is 23.4 Å². The summed E-state index contributed by atoms with van der Waals surface area (Å²) >= 11 is 7.62. The highest BCUT2D eigenvalue weighted by Crippen LogP contribution is 2.22. The van der Waals surface area contributed by atoms with E-state index in [1.54, 1.807) is 13.0 Å². The number of carbonyl (C=O) groups is 1. The molecule has 3 nitrogen and oxygen atoms in total. The fourth-order valence-electron chi connectivity index (χ4n) is 1.75. The molecule has 0 aliphatic heterocycles. The Morgan fingerprint density at radius 2 is 2.15 bits per heavy atom. The largest absolute Gasteiger partial charge is 0.387 e. The second-order valence-corrected chi connectivity index (χ2v) is 6.23. The molecular formula is C15H20ClNO2S. The van der Waals surface area contributed by atoms with Crippen LogP contribution < -0.4 is 5.32 Å². The highest BCUT2D eigenvalue weighted by Gasteiger charge is 2.19. The normalized spacial score (nSPS) is 14.8. The summed E-state index contributed by atoms with van der Waals surface area (Å²) in [7, 11) is 0. The zero-order valence-electron chi connectivity index (χ0n) is 11.9. The predicted octanol–water partition coefficient (Wildman–Crippen LogP) is 2.97. The minimum atomic E-state index is -0.902. The molecule has 0 aliphatic rings. The van der Waals surface area contributed by atoms with E-state index in [1.807, 2.05) is 31.4 Å². The van der Waals surface area contributed by atoms with E-state index in [-0.39, 0.29) is 12.5 Å². The van der Waals surface area contributed by atoms with Gasteiger partial charge in [0.05, 0.1) is 5.60 Å². The summed E-state index contributed by atoms with van der Waals surface area (Å²) in [5, 5.41) is 13.3. The molecule has 1 amide bonds. The van der Waals surface area contributed by atoms with Crippen molar-refractivity contribution < 1.29 is 9.90 Å². The molecule has 110 valence electrons. The molecule has 0 radical (unpaired) electrons. The van der Waals surface area contributed by atoms with Gasteiger partial charge in [0.1, 0.15) is 0 Å². The summed E-state index contributed by atoms with van der Waals surface area (Å²) < 4.78 is 0. The van der Waals surface area contributed by atoms with Gasteiger partial charge in [-0.05, 0) is 37.3 Å². The van der Waals surface area contributed by atoms with Crippen LogP contribution in [0.5, 0.6) is 0 Å². The van der Waals surface area contributed by atoms with Crippen molar-refractivity contribution >= 4 is 34.8 Å². The molecule has 1 aromatic rings. The van der Waals surface area contributed by atoms with Crippen LogP contribution in [0, 0.1) is 0 Å². The Morgan fingerprint density at radius 1 is 1.50 bits per heavy atom. The third kappa shape index (κ3) is 5.57. The number of hydrogen-bond acceptors (Lipinski definition) is 3. The maximum absolute atomic E-state index is 11.8. The maximum atomic E-state index is 11.8. The third-order valence-corrected chi connectivity index (χ3v) is 3.99. The second-order valence-electron chi connectivity index (χ2n) is 4.95. The molecule has 2 N–H and O–H groups in total. The number of thioether (sulfide) groups is 1. The van der Waals surface area contributed by atoms with Crippen molar-refractivity contribution in [1.29, 1.82) is 0 Å². The summed E-state index contributed by atoms with van der Waals surface area (Å²) in [6.07, 6.45) is 3.41. The Hall–Kier alpha value is -0.970. The first kappa shape index (κ1) is 17.1. The molecule has 0 saturated heterocycles. The molecule has 0 aromatic heterocycles. The van der Waals surface area contributed by atoms with E-state index in [2.05, 4.69) is 5.32 Å². The van der Waals surface area contributed by atoms with E-state index in [0.717, 1.165) is 11.1 Å². The summed E-state index contributed by atoms with van der Waals surface area (Å²) in [4.78, 5) is 11.8. The minimum absolute atomic E-state index is 0.221. The molecule has 0 saturated carbocycles. The molecule has 1 atom stereocenters. The van der Waals surface area contributed by atoms with Gasteiger partial charge < -0.3 is 10.4 Å². The van der Waals surface area contributed by atoms with Gasteiger partial charge in [-0.1, -0.05) is 29.8 Å². The number of halogens is 1. The van der Waals surface area contributed by atoms with E-state index in [9.17, 15) is 9.90 Å². The topological polar surface area (TPSA) is 49.3 Å². The molecular weight excluding hydrogens is 294 g/mol. The number of nitrogens with one attached hydrogen (secondary N) is 1. The number of carbonyl (C=O) groups excluding carboxylic acids is 1. The summed E-state index contributed by atoms with van der Waals surface area (Å²) in [5.74, 6) is 0.337. The van der Waals surface area contributed by atoms with Gasteiger partial charge >= 0.3 is 0 Å². The van der Waals surface area contributed by atoms with Crippen molar-refractivity contribution in [2.45, 2.75) is 19.4 Å². The Morgan fingerprint density at radius 3 is 2.75 bits per heavy atom. The van der Waals surface area contributed by atoms with Crippen LogP contribution in [0.25, 0.3) is 5.57 Å². The molecule has 0 bridgehead atoms. The zero-order chi connectivity index (χ0) is 15.2. The predicted molar refractivity (Wildman–Crippen MR) is 87.1 cm³/mol. The molecule has 20 heavy (non-hydrogen) atoms. The van der Waals surface area contributed by atoms with Crippen LogP contribution in [0.3, 0.4) is 0 Å². The fourth-order valence-corrected chi connectivity index (χ4v) is 2.75. The zero-order valence-corrected chi connectivity index (χ0v) is 13.5. The Labute approximate surface area is 129 Å². The van der Waals surface area contributed by atoms with Crippen molar-refractivity contribution in [3.63, 3.8) is 0 Å². The van der Waals surface area contributed by atoms with E-state index < -0.39 is 5.60 Å². The van der Waals surface area contributed by atoms with Crippen LogP contribution in [0.4, 0.5) is 0 Å². The standard InChI is InChI=1S/C15H20ClNO2S/c1-11(12-6-4-5-7-13(12)16)8-14(18)17-9-15(2,19)10-20-3/h4-8,19H,9-10H2,1-3H3,(H,17,18). The number of hydrogen-bond donors (Lipinski definition) is 2. The van der Waals surface area contributed by atoms with E-state index in [1.165, 1.54) is 17.8 Å². The first-order valence-corrected chi connectivity index (χ1v) is 8.05. The third-order valence-electron chi connectivity index (χ3n) is 2.75. The average Bonchev–Trinajstić information content (AvgIpc) is 2.37. The average molecular weight is 314 g/mol. The lowest BCUT2D eigenvalue weighted by Gasteiger charge is -2.22. The summed E-state index contributed by atoms with van der Waals surface area (Å²) in [6.45, 7) is 3.76. The van der Waals surface area contributed by atoms with E-state index >= 15 is 0 Å². The number of aliphatic hydroxyl groups is 1. The van der Waals surface area contributed by atoms with Crippen LogP contribution in [0.15, 0.2) is 30.3 Å². The van der Waals surface area contributed by atoms with Crippen LogP contribution >= 0.6 is 23.4 Å². The monoisotopic (exact) mass is 313 g/mol. The van der Waals surface area contributed by atoms with Crippen LogP contribution in [0.1, 0.15) is 19.4 Å². The molecule has 1 aromatic carbocycles. The molecule has 0 heterocycles. The molecule has 1 rings (SSSR count). The van der Waals surface area contributed by atoms with Gasteiger partial charge in [-0.15, -0.1) is 0 Å². The minimum Gasteiger partial charge on any atom is -0.387 e. The van der Waals surface area contributed by atoms with Crippen molar-refractivity contribution in [3.8, 4) is 0 Å². The van der Waals surface area contributed by atoms with Gasteiger partial charge in [0.15, 0.2) is 0 Å². The first-order valence-electron chi connectivity index (χ1n) is 6.28. The molecule has 0 aliphatic carbocycles. The summed E-state index contributed by atoms with van der Waals surface area (Å²) in [6, 6.07) is 7.37. The van der Waals surface area contributed by atoms with Crippen molar-refractivity contribution in [1.82, 2.24) is 5.32 Å². The van der Waals surface area contributed by atoms with E-state index in [4.69, 9.17) is 11.6 Å². The lowest BCUT2D eigenvalue weighted by atomic mass is 10.1. The van der Waals surface area contributed by atoms with Crippen LogP contribution in [-0.4, -0.2) is 35.2 Å². The number of allylic oxidation sites excluding steroid dienone is 1. The van der Waals surface area contributed by atoms with E-state index in [0.29, 0.717) is 10.8 Å². The molecule has 0 fully saturated rings. The van der Waals surface area contributed by atoms with Crippen molar-refractivity contribution in [2.24, 2.45) is 0 Å². The van der Waals surface area contributed by atoms with Gasteiger partial charge in [-0.3, -0.25) is 4.79 Å².